The molecule has 0 aromatic heterocycles. The van der Waals surface area contributed by atoms with Crippen LogP contribution in [0.4, 0.5) is 0 Å². The lowest BCUT2D eigenvalue weighted by Crippen LogP contribution is -1.42. The van der Waals surface area contributed by atoms with Crippen LogP contribution in [0.25, 0.3) is 0 Å². The molecule has 0 aromatic rings. The molecule has 0 aliphatic carbocycles. The summed E-state index contributed by atoms with van der Waals surface area (Å²) >= 11 is 6.40. The van der Waals surface area contributed by atoms with Gasteiger partial charge in [0.2, 0.25) is 0 Å². The van der Waals surface area contributed by atoms with Crippen LogP contribution in [0.2, 0.25) is 0 Å². The molecule has 0 rings (SSSR count). The van der Waals surface area contributed by atoms with Crippen LogP contribution in [0.1, 0.15) is 0 Å². The molecule has 0 amide bonds. The van der Waals surface area contributed by atoms with Gasteiger partial charge >= 0.3 is 0 Å². The Bertz CT molecular complexity index is 152. The third kappa shape index (κ3) is 6.17. The molecule has 0 fully saturated rings. The van der Waals surface area contributed by atoms with E-state index in [0.29, 0.717) is 0 Å². The second kappa shape index (κ2) is 7.17. The predicted octanol–water partition coefficient (Wildman–Crippen LogP) is 1.85. The van der Waals surface area contributed by atoms with Crippen molar-refractivity contribution in [3.8, 4) is 21.0 Å². The summed E-state index contributed by atoms with van der Waals surface area (Å²) in [6.45, 7) is 0. The van der Waals surface area contributed by atoms with Crippen LogP contribution >= 0.6 is 36.2 Å². The van der Waals surface area contributed by atoms with E-state index in [1.54, 1.807) is 0 Å². The van der Waals surface area contributed by atoms with E-state index < -0.39 is 0 Å². The molecule has 0 radical (unpaired) electrons. The molecule has 0 saturated heterocycles. The zero-order chi connectivity index (χ0) is 6.24. The smallest absolute Gasteiger partial charge is 0.0152 e. The van der Waals surface area contributed by atoms with Gasteiger partial charge in [-0.2, -0.15) is 0 Å². The van der Waals surface area contributed by atoms with Gasteiger partial charge in [0.25, 0.3) is 0 Å². The quantitative estimate of drug-likeness (QED) is 0.424. The van der Waals surface area contributed by atoms with Gasteiger partial charge in [0, 0.05) is 11.8 Å². The molecule has 8 heavy (non-hydrogen) atoms. The third-order valence-corrected chi connectivity index (χ3v) is 1.40. The predicted molar refractivity (Wildman–Crippen MR) is 45.6 cm³/mol. The fourth-order valence-corrected chi connectivity index (χ4v) is 0.844. The van der Waals surface area contributed by atoms with Gasteiger partial charge in [-0.05, 0) is 27.3 Å². The lowest BCUT2D eigenvalue weighted by atomic mass is 11.4. The Morgan fingerprint density at radius 1 is 1.25 bits per heavy atom. The zero-order valence-electron chi connectivity index (χ0n) is 4.26. The van der Waals surface area contributed by atoms with E-state index >= 15 is 0 Å². The van der Waals surface area contributed by atoms with Crippen molar-refractivity contribution in [2.24, 2.45) is 0 Å². The monoisotopic (exact) mass is 160 g/mol. The molecule has 0 unspecified atom stereocenters. The van der Waals surface area contributed by atoms with Gasteiger partial charge in [0.1, 0.15) is 0 Å². The van der Waals surface area contributed by atoms with E-state index in [2.05, 4.69) is 33.6 Å². The Kier molecular flexibility index (Phi) is 7.32. The van der Waals surface area contributed by atoms with E-state index in [9.17, 15) is 0 Å². The first-order valence-corrected chi connectivity index (χ1v) is 4.23. The van der Waals surface area contributed by atoms with E-state index in [4.69, 9.17) is 0 Å². The number of thioether (sulfide) groups is 2. The van der Waals surface area contributed by atoms with Gasteiger partial charge in [-0.3, -0.25) is 0 Å². The van der Waals surface area contributed by atoms with Gasteiger partial charge in [-0.15, -0.1) is 0 Å². The minimum Gasteiger partial charge on any atom is -0.0912 e. The summed E-state index contributed by atoms with van der Waals surface area (Å²) < 4.78 is 0. The van der Waals surface area contributed by atoms with Crippen molar-refractivity contribution in [1.29, 1.82) is 0 Å². The van der Waals surface area contributed by atoms with Crippen molar-refractivity contribution >= 4 is 36.2 Å². The molecule has 0 aromatic carbocycles. The molecule has 0 spiro atoms. The molecule has 0 saturated carbocycles. The summed E-state index contributed by atoms with van der Waals surface area (Å²) in [5.74, 6) is 0. The molecule has 0 bridgehead atoms. The number of hydrogen-bond acceptors (Lipinski definition) is 3. The highest BCUT2D eigenvalue weighted by Crippen LogP contribution is 1.94. The molecular weight excluding hydrogens is 156 g/mol. The van der Waals surface area contributed by atoms with Crippen LogP contribution in [0.3, 0.4) is 0 Å². The summed E-state index contributed by atoms with van der Waals surface area (Å²) in [6, 6.07) is 0. The average molecular weight is 160 g/mol. The molecule has 0 aliphatic heterocycles. The molecule has 3 heteroatoms. The van der Waals surface area contributed by atoms with E-state index in [1.807, 2.05) is 6.26 Å². The van der Waals surface area contributed by atoms with Crippen molar-refractivity contribution in [1.82, 2.24) is 0 Å². The van der Waals surface area contributed by atoms with Crippen molar-refractivity contribution in [2.45, 2.75) is 0 Å². The van der Waals surface area contributed by atoms with Gasteiger partial charge in [0.15, 0.2) is 0 Å². The summed E-state index contributed by atoms with van der Waals surface area (Å²) in [7, 11) is 0. The van der Waals surface area contributed by atoms with Gasteiger partial charge < -0.3 is 0 Å². The highest BCUT2D eigenvalue weighted by atomic mass is 32.2. The Labute approximate surface area is 63.6 Å². The lowest BCUT2D eigenvalue weighted by molar-refractivity contribution is 2.51. The summed E-state index contributed by atoms with van der Waals surface area (Å²) in [5.41, 5.74) is 0. The number of rotatable bonds is 0. The third-order valence-electron chi connectivity index (χ3n) is 0.291. The molecule has 0 heterocycles. The molecule has 0 aliphatic rings. The minimum atomic E-state index is 1.26. The van der Waals surface area contributed by atoms with Crippen LogP contribution in [0.5, 0.6) is 0 Å². The van der Waals surface area contributed by atoms with E-state index in [0.717, 1.165) is 0 Å². The van der Waals surface area contributed by atoms with Crippen molar-refractivity contribution in [2.75, 3.05) is 6.26 Å². The summed E-state index contributed by atoms with van der Waals surface area (Å²) in [5, 5.41) is 10.6. The fourth-order valence-electron chi connectivity index (χ4n) is 0.111. The molecule has 0 nitrogen and oxygen atoms in total. The SMILES string of the molecule is CSC#CSC#CS. The number of thiol groups is 1. The van der Waals surface area contributed by atoms with Crippen molar-refractivity contribution in [3.05, 3.63) is 0 Å². The Morgan fingerprint density at radius 3 is 2.50 bits per heavy atom. The van der Waals surface area contributed by atoms with Gasteiger partial charge in [-0.25, -0.2) is 0 Å². The standard InChI is InChI=1S/C5H4S3/c1-7-4-5-8-3-2-6/h6H,1H3. The van der Waals surface area contributed by atoms with Crippen LogP contribution in [0, 0.1) is 21.0 Å². The van der Waals surface area contributed by atoms with E-state index in [1.165, 1.54) is 23.5 Å². The van der Waals surface area contributed by atoms with Gasteiger partial charge in [0.05, 0.1) is 0 Å². The Morgan fingerprint density at radius 2 is 2.00 bits per heavy atom. The first kappa shape index (κ1) is 8.17. The Hall–Kier alpha value is 0.170. The first-order chi connectivity index (χ1) is 3.91. The van der Waals surface area contributed by atoms with Crippen LogP contribution in [-0.4, -0.2) is 6.26 Å². The molecular formula is C5H4S3. The van der Waals surface area contributed by atoms with Crippen molar-refractivity contribution in [3.63, 3.8) is 0 Å². The largest absolute Gasteiger partial charge is 0.0912 e. The summed E-state index contributed by atoms with van der Waals surface area (Å²) in [4.78, 5) is 0. The topological polar surface area (TPSA) is 0 Å². The van der Waals surface area contributed by atoms with Crippen molar-refractivity contribution < 1.29 is 0 Å². The first-order valence-electron chi connectivity index (χ1n) is 1.74. The van der Waals surface area contributed by atoms with E-state index in [-0.39, 0.29) is 0 Å². The molecule has 0 N–H and O–H groups in total. The highest BCUT2D eigenvalue weighted by Gasteiger charge is 1.63. The zero-order valence-corrected chi connectivity index (χ0v) is 6.79. The summed E-state index contributed by atoms with van der Waals surface area (Å²) in [6.07, 6.45) is 1.92. The van der Waals surface area contributed by atoms with Crippen LogP contribution in [0.15, 0.2) is 0 Å². The maximum atomic E-state index is 3.67. The lowest BCUT2D eigenvalue weighted by Gasteiger charge is -1.66. The molecule has 0 atom stereocenters. The Balaban J connectivity index is 3.24. The minimum absolute atomic E-state index is 1.26. The highest BCUT2D eigenvalue weighted by molar-refractivity contribution is 8.10. The average Bonchev–Trinajstić information content (AvgIpc) is 1.81. The molecule has 42 valence electrons. The maximum Gasteiger partial charge on any atom is 0.0152 e. The second-order valence-corrected chi connectivity index (χ2v) is 2.17. The maximum absolute atomic E-state index is 3.67. The van der Waals surface area contributed by atoms with Crippen LogP contribution in [-0.2, 0) is 0 Å². The fraction of sp³-hybridized carbons (Fsp3) is 0.200. The normalized spacial score (nSPS) is 5.75. The van der Waals surface area contributed by atoms with Gasteiger partial charge in [-0.1, -0.05) is 24.4 Å². The second-order valence-electron chi connectivity index (χ2n) is 0.724. The number of hydrogen-bond donors (Lipinski definition) is 1. The van der Waals surface area contributed by atoms with Crippen LogP contribution < -0.4 is 0 Å².